The molecule has 2 aromatic rings. The highest BCUT2D eigenvalue weighted by molar-refractivity contribution is 7.12. The zero-order valence-electron chi connectivity index (χ0n) is 20.5. The second-order valence-corrected chi connectivity index (χ2v) is 11.3. The molecule has 0 aliphatic carbocycles. The van der Waals surface area contributed by atoms with Crippen LogP contribution in [0.25, 0.3) is 0 Å². The van der Waals surface area contributed by atoms with E-state index in [-0.39, 0.29) is 17.5 Å². The van der Waals surface area contributed by atoms with E-state index in [2.05, 4.69) is 16.9 Å². The number of rotatable bonds is 6. The molecule has 36 heavy (non-hydrogen) atoms. The van der Waals surface area contributed by atoms with Crippen molar-refractivity contribution in [3.8, 4) is 0 Å². The van der Waals surface area contributed by atoms with Gasteiger partial charge in [0.25, 0.3) is 0 Å². The summed E-state index contributed by atoms with van der Waals surface area (Å²) in [6, 6.07) is 0.0925. The molecule has 0 aromatic carbocycles. The van der Waals surface area contributed by atoms with Crippen LogP contribution in [-0.4, -0.2) is 63.4 Å². The SMILES string of the molecule is C[C@H]1C[C@@]2(CCN1Cc1cnn(CC(O)C3CCOCC3)c1)OCCc1c2sc(C(F)(F)F)c1CO. The zero-order chi connectivity index (χ0) is 25.5. The van der Waals surface area contributed by atoms with Crippen LogP contribution in [0.5, 0.6) is 0 Å². The Hall–Kier alpha value is -1.50. The van der Waals surface area contributed by atoms with Gasteiger partial charge in [0.2, 0.25) is 0 Å². The van der Waals surface area contributed by atoms with E-state index < -0.39 is 29.4 Å². The standard InChI is InChI=1S/C25H34F3N3O4S/c1-16-10-24(22-19(4-9-35-24)20(15-32)23(36-22)25(26,27)28)5-6-30(16)12-17-11-29-31(13-17)14-21(33)18-2-7-34-8-3-18/h11,13,16,18,21,32-33H,2-10,12,14-15H2,1H3/t16-,21?,24+/m0/s1. The monoisotopic (exact) mass is 529 g/mol. The van der Waals surface area contributed by atoms with Gasteiger partial charge in [-0.25, -0.2) is 0 Å². The van der Waals surface area contributed by atoms with Gasteiger partial charge in [-0.05, 0) is 50.5 Å². The number of piperidine rings is 1. The Balaban J connectivity index is 1.25. The minimum atomic E-state index is -4.48. The van der Waals surface area contributed by atoms with Crippen molar-refractivity contribution in [2.24, 2.45) is 5.92 Å². The molecule has 200 valence electrons. The quantitative estimate of drug-likeness (QED) is 0.594. The van der Waals surface area contributed by atoms with Gasteiger partial charge in [-0.3, -0.25) is 9.58 Å². The Kier molecular flexibility index (Phi) is 7.50. The fourth-order valence-corrected chi connectivity index (χ4v) is 7.44. The van der Waals surface area contributed by atoms with Crippen LogP contribution in [-0.2, 0) is 47.4 Å². The van der Waals surface area contributed by atoms with Gasteiger partial charge in [0.05, 0.1) is 32.1 Å². The van der Waals surface area contributed by atoms with Crippen molar-refractivity contribution in [2.45, 2.75) is 82.6 Å². The van der Waals surface area contributed by atoms with Crippen molar-refractivity contribution < 1.29 is 32.9 Å². The lowest BCUT2D eigenvalue weighted by Gasteiger charge is -2.47. The molecule has 2 aromatic heterocycles. The summed E-state index contributed by atoms with van der Waals surface area (Å²) in [5.41, 5.74) is 0.960. The summed E-state index contributed by atoms with van der Waals surface area (Å²) in [4.78, 5) is 2.27. The van der Waals surface area contributed by atoms with E-state index in [1.807, 2.05) is 12.4 Å². The van der Waals surface area contributed by atoms with E-state index in [4.69, 9.17) is 9.47 Å². The second-order valence-electron chi connectivity index (χ2n) is 10.3. The highest BCUT2D eigenvalue weighted by Crippen LogP contribution is 2.51. The van der Waals surface area contributed by atoms with Gasteiger partial charge in [-0.15, -0.1) is 11.3 Å². The molecule has 1 spiro atoms. The van der Waals surface area contributed by atoms with Crippen molar-refractivity contribution in [3.63, 3.8) is 0 Å². The Labute approximate surface area is 212 Å². The van der Waals surface area contributed by atoms with Crippen LogP contribution in [0.1, 0.15) is 59.1 Å². The number of hydrogen-bond acceptors (Lipinski definition) is 7. The first-order chi connectivity index (χ1) is 17.2. The molecule has 1 unspecified atom stereocenters. The molecule has 11 heteroatoms. The average molecular weight is 530 g/mol. The Morgan fingerprint density at radius 1 is 1.28 bits per heavy atom. The summed E-state index contributed by atoms with van der Waals surface area (Å²) in [5.74, 6) is 0.228. The maximum absolute atomic E-state index is 13.7. The third-order valence-electron chi connectivity index (χ3n) is 7.98. The summed E-state index contributed by atoms with van der Waals surface area (Å²) in [7, 11) is 0. The van der Waals surface area contributed by atoms with Gasteiger partial charge in [0, 0.05) is 54.5 Å². The normalized spacial score (nSPS) is 26.9. The van der Waals surface area contributed by atoms with E-state index in [9.17, 15) is 23.4 Å². The molecule has 0 radical (unpaired) electrons. The van der Waals surface area contributed by atoms with Crippen molar-refractivity contribution >= 4 is 11.3 Å². The third-order valence-corrected chi connectivity index (χ3v) is 9.49. The Morgan fingerprint density at radius 3 is 2.75 bits per heavy atom. The van der Waals surface area contributed by atoms with Crippen LogP contribution in [0.4, 0.5) is 13.2 Å². The molecule has 3 aliphatic heterocycles. The lowest BCUT2D eigenvalue weighted by atomic mass is 9.81. The average Bonchev–Trinajstić information content (AvgIpc) is 3.46. The first-order valence-electron chi connectivity index (χ1n) is 12.7. The van der Waals surface area contributed by atoms with Crippen LogP contribution in [0.2, 0.25) is 0 Å². The van der Waals surface area contributed by atoms with E-state index in [1.54, 1.807) is 4.68 Å². The number of likely N-dealkylation sites (tertiary alicyclic amines) is 1. The minimum absolute atomic E-state index is 0.0237. The fraction of sp³-hybridized carbons (Fsp3) is 0.720. The van der Waals surface area contributed by atoms with Crippen LogP contribution in [0.15, 0.2) is 12.4 Å². The number of halogens is 3. The molecule has 0 bridgehead atoms. The number of aromatic nitrogens is 2. The number of ether oxygens (including phenoxy) is 2. The molecule has 5 heterocycles. The maximum atomic E-state index is 13.7. The van der Waals surface area contributed by atoms with Crippen molar-refractivity contribution in [2.75, 3.05) is 26.4 Å². The van der Waals surface area contributed by atoms with Gasteiger partial charge < -0.3 is 19.7 Å². The summed E-state index contributed by atoms with van der Waals surface area (Å²) >= 11 is 0.753. The summed E-state index contributed by atoms with van der Waals surface area (Å²) in [5, 5.41) is 24.8. The molecule has 5 rings (SSSR count). The number of hydrogen-bond donors (Lipinski definition) is 2. The third kappa shape index (κ3) is 5.10. The van der Waals surface area contributed by atoms with Crippen LogP contribution in [0.3, 0.4) is 0 Å². The predicted molar refractivity (Wildman–Crippen MR) is 127 cm³/mol. The minimum Gasteiger partial charge on any atom is -0.392 e. The second kappa shape index (κ2) is 10.3. The first-order valence-corrected chi connectivity index (χ1v) is 13.5. The van der Waals surface area contributed by atoms with Gasteiger partial charge in [0.15, 0.2) is 0 Å². The molecule has 3 atom stereocenters. The van der Waals surface area contributed by atoms with E-state index >= 15 is 0 Å². The topological polar surface area (TPSA) is 80.0 Å². The van der Waals surface area contributed by atoms with Gasteiger partial charge in [0.1, 0.15) is 10.5 Å². The number of nitrogens with zero attached hydrogens (tertiary/aromatic N) is 3. The van der Waals surface area contributed by atoms with Crippen molar-refractivity contribution in [1.29, 1.82) is 0 Å². The molecule has 2 fully saturated rings. The van der Waals surface area contributed by atoms with Crippen molar-refractivity contribution in [1.82, 2.24) is 14.7 Å². The van der Waals surface area contributed by atoms with Crippen LogP contribution >= 0.6 is 11.3 Å². The number of alkyl halides is 3. The van der Waals surface area contributed by atoms with Crippen molar-refractivity contribution in [3.05, 3.63) is 38.8 Å². The molecule has 3 aliphatic rings. The maximum Gasteiger partial charge on any atom is 0.425 e. The summed E-state index contributed by atoms with van der Waals surface area (Å²) in [6.07, 6.45) is 2.18. The van der Waals surface area contributed by atoms with Gasteiger partial charge in [-0.1, -0.05) is 0 Å². The van der Waals surface area contributed by atoms with E-state index in [0.717, 1.165) is 29.7 Å². The number of aliphatic hydroxyl groups excluding tert-OH is 2. The highest BCUT2D eigenvalue weighted by atomic mass is 32.1. The lowest BCUT2D eigenvalue weighted by molar-refractivity contribution is -0.135. The zero-order valence-corrected chi connectivity index (χ0v) is 21.3. The summed E-state index contributed by atoms with van der Waals surface area (Å²) in [6.45, 7) is 5.04. The Bertz CT molecular complexity index is 1050. The molecule has 2 N–H and O–H groups in total. The molecular weight excluding hydrogens is 495 g/mol. The lowest BCUT2D eigenvalue weighted by Crippen LogP contribution is -2.50. The number of thiophene rings is 1. The smallest absolute Gasteiger partial charge is 0.392 e. The van der Waals surface area contributed by atoms with E-state index in [0.29, 0.717) is 69.2 Å². The molecule has 7 nitrogen and oxygen atoms in total. The molecular formula is C25H34F3N3O4S. The molecule has 0 saturated carbocycles. The van der Waals surface area contributed by atoms with Gasteiger partial charge in [-0.2, -0.15) is 18.3 Å². The number of fused-ring (bicyclic) bond motifs is 2. The molecule has 2 saturated heterocycles. The highest BCUT2D eigenvalue weighted by Gasteiger charge is 2.48. The fourth-order valence-electron chi connectivity index (χ4n) is 6.03. The van der Waals surface area contributed by atoms with Gasteiger partial charge >= 0.3 is 6.18 Å². The van der Waals surface area contributed by atoms with Crippen LogP contribution in [0, 0.1) is 5.92 Å². The number of aliphatic hydroxyl groups is 2. The predicted octanol–water partition coefficient (Wildman–Crippen LogP) is 3.70. The Morgan fingerprint density at radius 2 is 2.06 bits per heavy atom. The molecule has 0 amide bonds. The van der Waals surface area contributed by atoms with Crippen LogP contribution < -0.4 is 0 Å². The largest absolute Gasteiger partial charge is 0.425 e. The first kappa shape index (κ1) is 26.1. The van der Waals surface area contributed by atoms with E-state index in [1.165, 1.54) is 0 Å². The summed E-state index contributed by atoms with van der Waals surface area (Å²) < 4.78 is 54.4.